The second-order valence-electron chi connectivity index (χ2n) is 6.35. The van der Waals surface area contributed by atoms with Gasteiger partial charge in [0, 0.05) is 25.0 Å². The topological polar surface area (TPSA) is 82.7 Å². The summed E-state index contributed by atoms with van der Waals surface area (Å²) in [6, 6.07) is 13.1. The summed E-state index contributed by atoms with van der Waals surface area (Å²) >= 11 is 0. The average molecular weight is 359 g/mol. The average Bonchev–Trinajstić information content (AvgIpc) is 2.70. The molecule has 3 aromatic heterocycles. The van der Waals surface area contributed by atoms with Crippen LogP contribution in [0.4, 0.5) is 0 Å². The molecule has 0 unspecified atom stereocenters. The summed E-state index contributed by atoms with van der Waals surface area (Å²) in [6.07, 6.45) is 3.11. The second kappa shape index (κ2) is 6.60. The highest BCUT2D eigenvalue weighted by Crippen LogP contribution is 2.17. The van der Waals surface area contributed by atoms with Gasteiger partial charge in [0.05, 0.1) is 12.2 Å². The Hall–Kier alpha value is -3.61. The first-order valence-corrected chi connectivity index (χ1v) is 8.48. The first-order valence-electron chi connectivity index (χ1n) is 8.48. The Balaban J connectivity index is 1.88. The van der Waals surface area contributed by atoms with Crippen molar-refractivity contribution in [3.8, 4) is 11.4 Å². The zero-order chi connectivity index (χ0) is 19.0. The molecule has 0 atom stereocenters. The number of rotatable bonds is 3. The molecule has 0 N–H and O–H groups in total. The molecule has 0 fully saturated rings. The van der Waals surface area contributed by atoms with Crippen LogP contribution in [0, 0.1) is 6.92 Å². The van der Waals surface area contributed by atoms with E-state index < -0.39 is 11.2 Å². The molecule has 7 nitrogen and oxygen atoms in total. The van der Waals surface area contributed by atoms with Crippen LogP contribution in [-0.4, -0.2) is 24.1 Å². The van der Waals surface area contributed by atoms with Crippen molar-refractivity contribution >= 4 is 11.0 Å². The molecule has 1 aromatic carbocycles. The number of benzene rings is 1. The van der Waals surface area contributed by atoms with Crippen LogP contribution in [0.1, 0.15) is 11.3 Å². The summed E-state index contributed by atoms with van der Waals surface area (Å²) in [4.78, 5) is 38.6. The van der Waals surface area contributed by atoms with E-state index in [9.17, 15) is 9.59 Å². The molecule has 0 amide bonds. The molecule has 134 valence electrons. The van der Waals surface area contributed by atoms with Gasteiger partial charge in [0.25, 0.3) is 5.56 Å². The van der Waals surface area contributed by atoms with Gasteiger partial charge in [-0.05, 0) is 19.1 Å². The molecular formula is C20H17N5O2. The van der Waals surface area contributed by atoms with Crippen molar-refractivity contribution in [2.75, 3.05) is 0 Å². The molecule has 0 aliphatic heterocycles. The predicted octanol–water partition coefficient (Wildman–Crippen LogP) is 1.91. The Morgan fingerprint density at radius 2 is 1.78 bits per heavy atom. The van der Waals surface area contributed by atoms with Crippen molar-refractivity contribution in [2.45, 2.75) is 13.5 Å². The minimum Gasteiger partial charge on any atom is -0.280 e. The predicted molar refractivity (Wildman–Crippen MR) is 103 cm³/mol. The zero-order valence-corrected chi connectivity index (χ0v) is 15.0. The van der Waals surface area contributed by atoms with Gasteiger partial charge in [-0.2, -0.15) is 0 Å². The van der Waals surface area contributed by atoms with Gasteiger partial charge in [-0.15, -0.1) is 0 Å². The van der Waals surface area contributed by atoms with Crippen molar-refractivity contribution in [3.05, 3.63) is 87.0 Å². The van der Waals surface area contributed by atoms with Crippen LogP contribution in [0.2, 0.25) is 0 Å². The van der Waals surface area contributed by atoms with Crippen LogP contribution in [0.3, 0.4) is 0 Å². The quantitative estimate of drug-likeness (QED) is 0.558. The first-order chi connectivity index (χ1) is 13.0. The lowest BCUT2D eigenvalue weighted by Crippen LogP contribution is -2.39. The second-order valence-corrected chi connectivity index (χ2v) is 6.35. The van der Waals surface area contributed by atoms with Gasteiger partial charge in [0.2, 0.25) is 0 Å². The number of fused-ring (bicyclic) bond motifs is 1. The third-order valence-electron chi connectivity index (χ3n) is 4.44. The van der Waals surface area contributed by atoms with E-state index in [1.165, 1.54) is 10.8 Å². The molecule has 4 rings (SSSR count). The van der Waals surface area contributed by atoms with Crippen LogP contribution in [-0.2, 0) is 13.6 Å². The Kier molecular flexibility index (Phi) is 4.12. The van der Waals surface area contributed by atoms with Crippen LogP contribution >= 0.6 is 0 Å². The highest BCUT2D eigenvalue weighted by molar-refractivity contribution is 5.75. The Morgan fingerprint density at radius 3 is 2.48 bits per heavy atom. The van der Waals surface area contributed by atoms with Crippen molar-refractivity contribution in [2.24, 2.45) is 7.05 Å². The van der Waals surface area contributed by atoms with Gasteiger partial charge in [0.1, 0.15) is 5.39 Å². The van der Waals surface area contributed by atoms with Gasteiger partial charge in [-0.3, -0.25) is 18.9 Å². The standard InChI is InChI=1S/C20H17N5O2/c1-13-6-8-14(9-7-13)17-22-11-16-18(23-17)24(2)20(27)25(19(16)26)12-15-5-3-4-10-21-15/h3-11H,12H2,1-2H3. The lowest BCUT2D eigenvalue weighted by atomic mass is 10.1. The summed E-state index contributed by atoms with van der Waals surface area (Å²) in [7, 11) is 1.60. The minimum atomic E-state index is -0.438. The normalized spacial score (nSPS) is 11.0. The molecule has 4 aromatic rings. The van der Waals surface area contributed by atoms with Gasteiger partial charge in [0.15, 0.2) is 11.5 Å². The third kappa shape index (κ3) is 3.03. The zero-order valence-electron chi connectivity index (χ0n) is 15.0. The van der Waals surface area contributed by atoms with E-state index in [0.717, 1.165) is 15.7 Å². The highest BCUT2D eigenvalue weighted by Gasteiger charge is 2.14. The van der Waals surface area contributed by atoms with Crippen LogP contribution < -0.4 is 11.2 Å². The molecule has 0 spiro atoms. The molecule has 0 aliphatic rings. The lowest BCUT2D eigenvalue weighted by Gasteiger charge is -2.10. The summed E-state index contributed by atoms with van der Waals surface area (Å²) in [6.45, 7) is 2.10. The van der Waals surface area contributed by atoms with E-state index in [2.05, 4.69) is 15.0 Å². The Labute approximate surface area is 154 Å². The molecule has 27 heavy (non-hydrogen) atoms. The molecule has 0 saturated heterocycles. The van der Waals surface area contributed by atoms with E-state index in [4.69, 9.17) is 0 Å². The monoisotopic (exact) mass is 359 g/mol. The number of hydrogen-bond donors (Lipinski definition) is 0. The summed E-state index contributed by atoms with van der Waals surface area (Å²) in [5.41, 5.74) is 2.04. The third-order valence-corrected chi connectivity index (χ3v) is 4.44. The number of hydrogen-bond acceptors (Lipinski definition) is 5. The highest BCUT2D eigenvalue weighted by atomic mass is 16.2. The van der Waals surface area contributed by atoms with Crippen LogP contribution in [0.15, 0.2) is 64.4 Å². The van der Waals surface area contributed by atoms with E-state index in [1.54, 1.807) is 25.4 Å². The number of pyridine rings is 1. The molecule has 0 bridgehead atoms. The number of nitrogens with zero attached hydrogens (tertiary/aromatic N) is 5. The van der Waals surface area contributed by atoms with E-state index >= 15 is 0 Å². The van der Waals surface area contributed by atoms with E-state index in [0.29, 0.717) is 22.6 Å². The molecule has 0 saturated carbocycles. The maximum Gasteiger partial charge on any atom is 0.332 e. The van der Waals surface area contributed by atoms with Gasteiger partial charge < -0.3 is 0 Å². The maximum atomic E-state index is 12.8. The van der Waals surface area contributed by atoms with Gasteiger partial charge in [-0.25, -0.2) is 14.8 Å². The van der Waals surface area contributed by atoms with E-state index in [1.807, 2.05) is 37.3 Å². The summed E-state index contributed by atoms with van der Waals surface area (Å²) in [5, 5.41) is 0.295. The maximum absolute atomic E-state index is 12.8. The molecule has 7 heteroatoms. The summed E-state index contributed by atoms with van der Waals surface area (Å²) in [5.74, 6) is 0.472. The first kappa shape index (κ1) is 16.8. The lowest BCUT2D eigenvalue weighted by molar-refractivity contribution is 0.646. The van der Waals surface area contributed by atoms with Crippen LogP contribution in [0.25, 0.3) is 22.4 Å². The number of aryl methyl sites for hydroxylation is 2. The number of aromatic nitrogens is 5. The molecule has 0 aliphatic carbocycles. The fourth-order valence-electron chi connectivity index (χ4n) is 2.92. The molecule has 3 heterocycles. The minimum absolute atomic E-state index is 0.0992. The molecule has 0 radical (unpaired) electrons. The van der Waals surface area contributed by atoms with Gasteiger partial charge in [-0.1, -0.05) is 35.9 Å². The van der Waals surface area contributed by atoms with Crippen molar-refractivity contribution in [1.29, 1.82) is 0 Å². The Bertz CT molecular complexity index is 1240. The SMILES string of the molecule is Cc1ccc(-c2ncc3c(=O)n(Cc4ccccn4)c(=O)n(C)c3n2)cc1. The fourth-order valence-corrected chi connectivity index (χ4v) is 2.92. The Morgan fingerprint density at radius 1 is 1.00 bits per heavy atom. The van der Waals surface area contributed by atoms with Gasteiger partial charge >= 0.3 is 5.69 Å². The van der Waals surface area contributed by atoms with Crippen molar-refractivity contribution in [1.82, 2.24) is 24.1 Å². The summed E-state index contributed by atoms with van der Waals surface area (Å²) < 4.78 is 2.53. The molecular weight excluding hydrogens is 342 g/mol. The van der Waals surface area contributed by atoms with Crippen LogP contribution in [0.5, 0.6) is 0 Å². The van der Waals surface area contributed by atoms with Crippen molar-refractivity contribution < 1.29 is 0 Å². The fraction of sp³-hybridized carbons (Fsp3) is 0.150. The largest absolute Gasteiger partial charge is 0.332 e. The van der Waals surface area contributed by atoms with E-state index in [-0.39, 0.29) is 6.54 Å². The smallest absolute Gasteiger partial charge is 0.280 e. The van der Waals surface area contributed by atoms with Crippen molar-refractivity contribution in [3.63, 3.8) is 0 Å².